The Morgan fingerprint density at radius 2 is 2.38 bits per heavy atom. The average Bonchev–Trinajstić information content (AvgIpc) is 2.51. The maximum Gasteiger partial charge on any atom is 0.261 e. The first-order valence-corrected chi connectivity index (χ1v) is 5.42. The highest BCUT2D eigenvalue weighted by molar-refractivity contribution is 7.13. The summed E-state index contributed by atoms with van der Waals surface area (Å²) in [6.45, 7) is 3.86. The summed E-state index contributed by atoms with van der Waals surface area (Å²) >= 11 is 7.07. The van der Waals surface area contributed by atoms with Gasteiger partial charge in [-0.1, -0.05) is 0 Å². The first-order chi connectivity index (χ1) is 6.13. The summed E-state index contributed by atoms with van der Waals surface area (Å²) < 4.78 is 0. The summed E-state index contributed by atoms with van der Waals surface area (Å²) in [5, 5.41) is 2.80. The molecule has 0 fully saturated rings. The van der Waals surface area contributed by atoms with Crippen molar-refractivity contribution in [2.45, 2.75) is 19.9 Å². The molecule has 0 saturated carbocycles. The number of rotatable bonds is 3. The number of amides is 1. The topological polar surface area (TPSA) is 29.1 Å². The Balaban J connectivity index is 2.58. The van der Waals surface area contributed by atoms with E-state index in [4.69, 9.17) is 11.6 Å². The van der Waals surface area contributed by atoms with E-state index in [1.54, 1.807) is 0 Å². The molecule has 1 N–H and O–H groups in total. The van der Waals surface area contributed by atoms with E-state index in [9.17, 15) is 4.79 Å². The van der Waals surface area contributed by atoms with Crippen LogP contribution in [0.25, 0.3) is 0 Å². The number of alkyl halides is 1. The monoisotopic (exact) mass is 217 g/mol. The summed E-state index contributed by atoms with van der Waals surface area (Å²) in [6.07, 6.45) is 0. The third-order valence-electron chi connectivity index (χ3n) is 1.57. The van der Waals surface area contributed by atoms with Crippen LogP contribution in [0.2, 0.25) is 0 Å². The van der Waals surface area contributed by atoms with E-state index in [1.165, 1.54) is 11.3 Å². The minimum atomic E-state index is -0.0359. The van der Waals surface area contributed by atoms with E-state index in [2.05, 4.69) is 5.32 Å². The molecule has 0 saturated heterocycles. The van der Waals surface area contributed by atoms with Gasteiger partial charge in [-0.3, -0.25) is 4.79 Å². The summed E-state index contributed by atoms with van der Waals surface area (Å²) in [4.78, 5) is 13.4. The first kappa shape index (κ1) is 10.5. The molecular formula is C9H12ClNOS. The van der Waals surface area contributed by atoms with Crippen LogP contribution in [0.3, 0.4) is 0 Å². The van der Waals surface area contributed by atoms with Gasteiger partial charge < -0.3 is 5.32 Å². The van der Waals surface area contributed by atoms with Gasteiger partial charge in [0.25, 0.3) is 5.91 Å². The molecule has 13 heavy (non-hydrogen) atoms. The minimum absolute atomic E-state index is 0.0246. The lowest BCUT2D eigenvalue weighted by atomic mass is 10.3. The number of carbonyl (C=O) groups is 1. The van der Waals surface area contributed by atoms with Crippen LogP contribution in [-0.2, 0) is 0 Å². The second kappa shape index (κ2) is 4.63. The van der Waals surface area contributed by atoms with Crippen LogP contribution in [0, 0.1) is 6.92 Å². The van der Waals surface area contributed by atoms with Crippen LogP contribution in [0.1, 0.15) is 21.5 Å². The zero-order valence-electron chi connectivity index (χ0n) is 7.63. The van der Waals surface area contributed by atoms with Crippen LogP contribution in [0.5, 0.6) is 0 Å². The highest BCUT2D eigenvalue weighted by Crippen LogP contribution is 2.14. The molecule has 1 atom stereocenters. The zero-order valence-corrected chi connectivity index (χ0v) is 9.21. The van der Waals surface area contributed by atoms with Crippen molar-refractivity contribution < 1.29 is 4.79 Å². The number of carbonyl (C=O) groups excluding carboxylic acids is 1. The molecule has 0 aliphatic rings. The van der Waals surface area contributed by atoms with E-state index in [1.807, 2.05) is 26.0 Å². The fourth-order valence-electron chi connectivity index (χ4n) is 0.890. The van der Waals surface area contributed by atoms with Crippen molar-refractivity contribution >= 4 is 28.8 Å². The molecule has 1 heterocycles. The number of halogens is 1. The van der Waals surface area contributed by atoms with Crippen LogP contribution in [0.15, 0.2) is 12.1 Å². The van der Waals surface area contributed by atoms with Gasteiger partial charge >= 0.3 is 0 Å². The number of hydrogen-bond acceptors (Lipinski definition) is 2. The molecule has 1 rings (SSSR count). The molecule has 0 bridgehead atoms. The Hall–Kier alpha value is -0.540. The standard InChI is InChI=1S/C9H12ClNOS/c1-6(5-10)11-9(12)8-4-3-7(2)13-8/h3-4,6H,5H2,1-2H3,(H,11,12). The Labute approximate surface area is 86.9 Å². The molecular weight excluding hydrogens is 206 g/mol. The molecule has 1 unspecified atom stereocenters. The SMILES string of the molecule is Cc1ccc(C(=O)NC(C)CCl)s1. The third-order valence-corrected chi connectivity index (χ3v) is 3.04. The molecule has 72 valence electrons. The second-order valence-corrected chi connectivity index (χ2v) is 4.54. The quantitative estimate of drug-likeness (QED) is 0.775. The second-order valence-electron chi connectivity index (χ2n) is 2.94. The summed E-state index contributed by atoms with van der Waals surface area (Å²) in [5.41, 5.74) is 0. The Bertz CT molecular complexity index is 298. The third kappa shape index (κ3) is 3.01. The summed E-state index contributed by atoms with van der Waals surface area (Å²) in [6, 6.07) is 3.79. The maximum absolute atomic E-state index is 11.5. The fraction of sp³-hybridized carbons (Fsp3) is 0.444. The lowest BCUT2D eigenvalue weighted by Crippen LogP contribution is -2.33. The Morgan fingerprint density at radius 3 is 2.85 bits per heavy atom. The fourth-order valence-corrected chi connectivity index (χ4v) is 1.74. The lowest BCUT2D eigenvalue weighted by Gasteiger charge is -2.08. The van der Waals surface area contributed by atoms with Gasteiger partial charge in [-0.2, -0.15) is 0 Å². The van der Waals surface area contributed by atoms with Crippen LogP contribution >= 0.6 is 22.9 Å². The van der Waals surface area contributed by atoms with Crippen molar-refractivity contribution in [2.75, 3.05) is 5.88 Å². The molecule has 0 aliphatic heterocycles. The van der Waals surface area contributed by atoms with Crippen LogP contribution in [-0.4, -0.2) is 17.8 Å². The molecule has 0 aliphatic carbocycles. The van der Waals surface area contributed by atoms with Gasteiger partial charge in [0.2, 0.25) is 0 Å². The number of thiophene rings is 1. The van der Waals surface area contributed by atoms with E-state index in [0.29, 0.717) is 5.88 Å². The number of nitrogens with one attached hydrogen (secondary N) is 1. The van der Waals surface area contributed by atoms with Crippen molar-refractivity contribution in [3.8, 4) is 0 Å². The molecule has 1 aromatic rings. The van der Waals surface area contributed by atoms with Crippen molar-refractivity contribution in [3.63, 3.8) is 0 Å². The highest BCUT2D eigenvalue weighted by Gasteiger charge is 2.09. The number of hydrogen-bond donors (Lipinski definition) is 1. The van der Waals surface area contributed by atoms with Gasteiger partial charge in [0.05, 0.1) is 4.88 Å². The van der Waals surface area contributed by atoms with Gasteiger partial charge in [0.1, 0.15) is 0 Å². The Kier molecular flexibility index (Phi) is 3.75. The zero-order chi connectivity index (χ0) is 9.84. The average molecular weight is 218 g/mol. The van der Waals surface area contributed by atoms with E-state index in [-0.39, 0.29) is 11.9 Å². The Morgan fingerprint density at radius 1 is 1.69 bits per heavy atom. The van der Waals surface area contributed by atoms with Gasteiger partial charge in [-0.25, -0.2) is 0 Å². The molecule has 0 aromatic carbocycles. The predicted octanol–water partition coefficient (Wildman–Crippen LogP) is 2.41. The van der Waals surface area contributed by atoms with Crippen molar-refractivity contribution in [1.82, 2.24) is 5.32 Å². The van der Waals surface area contributed by atoms with Crippen LogP contribution in [0.4, 0.5) is 0 Å². The lowest BCUT2D eigenvalue weighted by molar-refractivity contribution is 0.0947. The molecule has 0 radical (unpaired) electrons. The summed E-state index contributed by atoms with van der Waals surface area (Å²) in [5.74, 6) is 0.405. The highest BCUT2D eigenvalue weighted by atomic mass is 35.5. The molecule has 1 amide bonds. The van der Waals surface area contributed by atoms with Gasteiger partial charge in [-0.05, 0) is 26.0 Å². The normalized spacial score (nSPS) is 12.5. The van der Waals surface area contributed by atoms with Gasteiger partial charge in [-0.15, -0.1) is 22.9 Å². The first-order valence-electron chi connectivity index (χ1n) is 4.06. The predicted molar refractivity (Wildman–Crippen MR) is 56.7 cm³/mol. The smallest absolute Gasteiger partial charge is 0.261 e. The molecule has 0 spiro atoms. The van der Waals surface area contributed by atoms with Crippen LogP contribution < -0.4 is 5.32 Å². The number of aryl methyl sites for hydroxylation is 1. The minimum Gasteiger partial charge on any atom is -0.348 e. The van der Waals surface area contributed by atoms with Gasteiger partial charge in [0.15, 0.2) is 0 Å². The largest absolute Gasteiger partial charge is 0.348 e. The van der Waals surface area contributed by atoms with E-state index in [0.717, 1.165) is 9.75 Å². The molecule has 4 heteroatoms. The van der Waals surface area contributed by atoms with E-state index < -0.39 is 0 Å². The van der Waals surface area contributed by atoms with Crippen molar-refractivity contribution in [1.29, 1.82) is 0 Å². The maximum atomic E-state index is 11.5. The van der Waals surface area contributed by atoms with E-state index >= 15 is 0 Å². The van der Waals surface area contributed by atoms with Gasteiger partial charge in [0, 0.05) is 16.8 Å². The molecule has 2 nitrogen and oxygen atoms in total. The molecule has 1 aromatic heterocycles. The van der Waals surface area contributed by atoms with Crippen molar-refractivity contribution in [2.24, 2.45) is 0 Å². The summed E-state index contributed by atoms with van der Waals surface area (Å²) in [7, 11) is 0. The van der Waals surface area contributed by atoms with Crippen molar-refractivity contribution in [3.05, 3.63) is 21.9 Å².